The molecule has 0 amide bonds. The fourth-order valence-corrected chi connectivity index (χ4v) is 4.49. The summed E-state index contributed by atoms with van der Waals surface area (Å²) >= 11 is 0. The Morgan fingerprint density at radius 2 is 1.67 bits per heavy atom. The van der Waals surface area contributed by atoms with E-state index in [0.717, 1.165) is 0 Å². The van der Waals surface area contributed by atoms with Gasteiger partial charge in [0.05, 0.1) is 8.22 Å². The molecule has 3 heteroatoms. The third-order valence-corrected chi connectivity index (χ3v) is 5.17. The molecule has 0 aromatic heterocycles. The smallest absolute Gasteiger partial charge is 0.0719 e. The van der Waals surface area contributed by atoms with Crippen LogP contribution in [0.3, 0.4) is 0 Å². The lowest BCUT2D eigenvalue weighted by Crippen LogP contribution is -2.27. The molecule has 1 fully saturated rings. The Labute approximate surface area is 93.7 Å². The largest absolute Gasteiger partial charge is 0.272 e. The maximum absolute atomic E-state index is 2.63. The second-order valence-corrected chi connectivity index (χ2v) is 6.59. The van der Waals surface area contributed by atoms with E-state index in [1.165, 1.54) is 31.2 Å². The highest BCUT2D eigenvalue weighted by molar-refractivity contribution is 7.60. The molecule has 0 radical (unpaired) electrons. The Morgan fingerprint density at radius 3 is 2.20 bits per heavy atom. The number of nitrogens with zero attached hydrogens (tertiary/aromatic N) is 2. The summed E-state index contributed by atoms with van der Waals surface area (Å²) in [6, 6.07) is 10.9. The molecule has 15 heavy (non-hydrogen) atoms. The Hall–Kier alpha value is -0.430. The van der Waals surface area contributed by atoms with Crippen molar-refractivity contribution < 1.29 is 0 Å². The molecule has 1 aliphatic heterocycles. The van der Waals surface area contributed by atoms with Gasteiger partial charge in [-0.2, -0.15) is 0 Å². The van der Waals surface area contributed by atoms with Crippen LogP contribution in [-0.2, 0) is 0 Å². The average molecular weight is 222 g/mol. The van der Waals surface area contributed by atoms with Crippen molar-refractivity contribution in [2.45, 2.75) is 12.8 Å². The third-order valence-electron chi connectivity index (χ3n) is 2.72. The molecule has 1 aromatic rings. The highest BCUT2D eigenvalue weighted by Gasteiger charge is 2.24. The van der Waals surface area contributed by atoms with Gasteiger partial charge in [-0.1, -0.05) is 30.3 Å². The average Bonchev–Trinajstić information content (AvgIpc) is 2.72. The first kappa shape index (κ1) is 11.1. The molecule has 2 nitrogen and oxygen atoms in total. The lowest BCUT2D eigenvalue weighted by atomic mass is 10.4. The summed E-state index contributed by atoms with van der Waals surface area (Å²) in [7, 11) is 4.13. The van der Waals surface area contributed by atoms with Gasteiger partial charge in [0, 0.05) is 18.4 Å². The van der Waals surface area contributed by atoms with E-state index in [-0.39, 0.29) is 8.22 Å². The minimum Gasteiger partial charge on any atom is -0.272 e. The van der Waals surface area contributed by atoms with Crippen LogP contribution in [0.4, 0.5) is 0 Å². The van der Waals surface area contributed by atoms with Gasteiger partial charge in [-0.3, -0.25) is 9.34 Å². The third kappa shape index (κ3) is 2.57. The van der Waals surface area contributed by atoms with Crippen molar-refractivity contribution in [1.82, 2.24) is 9.34 Å². The zero-order chi connectivity index (χ0) is 10.7. The summed E-state index contributed by atoms with van der Waals surface area (Å²) in [5.41, 5.74) is 0. The van der Waals surface area contributed by atoms with Crippen molar-refractivity contribution in [2.24, 2.45) is 0 Å². The van der Waals surface area contributed by atoms with E-state index in [4.69, 9.17) is 0 Å². The Bertz CT molecular complexity index is 294. The predicted molar refractivity (Wildman–Crippen MR) is 67.5 cm³/mol. The number of benzene rings is 1. The molecular weight excluding hydrogens is 203 g/mol. The normalized spacial score (nSPS) is 19.7. The Morgan fingerprint density at radius 1 is 1.07 bits per heavy atom. The molecule has 1 aromatic carbocycles. The first-order chi connectivity index (χ1) is 7.29. The number of hydrogen-bond donors (Lipinski definition) is 0. The van der Waals surface area contributed by atoms with Crippen LogP contribution < -0.4 is 5.30 Å². The molecular formula is C12H19N2P. The second kappa shape index (κ2) is 5.07. The first-order valence-corrected chi connectivity index (χ1v) is 6.81. The number of rotatable bonds is 3. The summed E-state index contributed by atoms with van der Waals surface area (Å²) in [5.74, 6) is 0. The quantitative estimate of drug-likeness (QED) is 0.724. The zero-order valence-corrected chi connectivity index (χ0v) is 10.5. The van der Waals surface area contributed by atoms with E-state index in [1.807, 2.05) is 0 Å². The lowest BCUT2D eigenvalue weighted by molar-refractivity contribution is 0.519. The highest BCUT2D eigenvalue weighted by atomic mass is 31.1. The van der Waals surface area contributed by atoms with Crippen molar-refractivity contribution in [2.75, 3.05) is 27.2 Å². The standard InChI is InChI=1S/C12H19N2P/c1-13(2)15(14-10-6-7-11-14)12-8-4-3-5-9-12/h3-5,8-9H,6-7,10-11H2,1-2H3. The van der Waals surface area contributed by atoms with Crippen LogP contribution in [0.5, 0.6) is 0 Å². The molecule has 1 saturated heterocycles. The van der Waals surface area contributed by atoms with Gasteiger partial charge >= 0.3 is 0 Å². The van der Waals surface area contributed by atoms with Crippen molar-refractivity contribution in [3.8, 4) is 0 Å². The van der Waals surface area contributed by atoms with Crippen LogP contribution >= 0.6 is 8.22 Å². The van der Waals surface area contributed by atoms with Crippen molar-refractivity contribution in [3.63, 3.8) is 0 Å². The monoisotopic (exact) mass is 222 g/mol. The molecule has 2 rings (SSSR count). The fraction of sp³-hybridized carbons (Fsp3) is 0.500. The minimum absolute atomic E-state index is 0.249. The van der Waals surface area contributed by atoms with E-state index in [0.29, 0.717) is 0 Å². The van der Waals surface area contributed by atoms with Crippen LogP contribution in [0.25, 0.3) is 0 Å². The van der Waals surface area contributed by atoms with Crippen molar-refractivity contribution in [3.05, 3.63) is 30.3 Å². The maximum atomic E-state index is 2.63. The molecule has 1 unspecified atom stereocenters. The molecule has 0 bridgehead atoms. The Balaban J connectivity index is 2.19. The SMILES string of the molecule is CN(C)P(c1ccccc1)N1CCCC1. The van der Waals surface area contributed by atoms with Gasteiger partial charge in [0.25, 0.3) is 0 Å². The summed E-state index contributed by atoms with van der Waals surface area (Å²) in [4.78, 5) is 0. The molecule has 0 N–H and O–H groups in total. The lowest BCUT2D eigenvalue weighted by Gasteiger charge is -2.32. The van der Waals surface area contributed by atoms with Crippen molar-refractivity contribution in [1.29, 1.82) is 0 Å². The topological polar surface area (TPSA) is 6.48 Å². The van der Waals surface area contributed by atoms with E-state index < -0.39 is 0 Å². The summed E-state index contributed by atoms with van der Waals surface area (Å²) in [6.45, 7) is 2.53. The van der Waals surface area contributed by atoms with Crippen LogP contribution in [0.1, 0.15) is 12.8 Å². The van der Waals surface area contributed by atoms with Crippen LogP contribution in [0, 0.1) is 0 Å². The second-order valence-electron chi connectivity index (χ2n) is 4.13. The minimum atomic E-state index is -0.249. The zero-order valence-electron chi connectivity index (χ0n) is 9.56. The van der Waals surface area contributed by atoms with Gasteiger partial charge in [-0.15, -0.1) is 0 Å². The van der Waals surface area contributed by atoms with Crippen molar-refractivity contribution >= 4 is 13.5 Å². The van der Waals surface area contributed by atoms with Gasteiger partial charge in [0.15, 0.2) is 0 Å². The Kier molecular flexibility index (Phi) is 3.74. The van der Waals surface area contributed by atoms with Crippen LogP contribution in [0.15, 0.2) is 30.3 Å². The highest BCUT2D eigenvalue weighted by Crippen LogP contribution is 2.43. The van der Waals surface area contributed by atoms with Gasteiger partial charge in [0.1, 0.15) is 0 Å². The van der Waals surface area contributed by atoms with E-state index in [9.17, 15) is 0 Å². The predicted octanol–water partition coefficient (Wildman–Crippen LogP) is 2.28. The molecule has 1 heterocycles. The summed E-state index contributed by atoms with van der Waals surface area (Å²) in [6.07, 6.45) is 2.72. The fourth-order valence-electron chi connectivity index (χ4n) is 2.10. The van der Waals surface area contributed by atoms with E-state index in [2.05, 4.69) is 53.8 Å². The number of hydrogen-bond acceptors (Lipinski definition) is 2. The maximum Gasteiger partial charge on any atom is 0.0719 e. The van der Waals surface area contributed by atoms with E-state index in [1.54, 1.807) is 0 Å². The molecule has 82 valence electrons. The van der Waals surface area contributed by atoms with E-state index >= 15 is 0 Å². The molecule has 0 saturated carbocycles. The molecule has 1 aliphatic rings. The van der Waals surface area contributed by atoms with Gasteiger partial charge in [-0.25, -0.2) is 0 Å². The van der Waals surface area contributed by atoms with Crippen LogP contribution in [0.2, 0.25) is 0 Å². The molecule has 0 aliphatic carbocycles. The first-order valence-electron chi connectivity index (χ1n) is 5.56. The summed E-state index contributed by atoms with van der Waals surface area (Å²) in [5, 5.41) is 1.47. The van der Waals surface area contributed by atoms with Gasteiger partial charge in [-0.05, 0) is 26.9 Å². The molecule has 1 atom stereocenters. The molecule has 0 spiro atoms. The van der Waals surface area contributed by atoms with Crippen LogP contribution in [-0.4, -0.2) is 36.5 Å². The van der Waals surface area contributed by atoms with Gasteiger partial charge < -0.3 is 0 Å². The summed E-state index contributed by atoms with van der Waals surface area (Å²) < 4.78 is 5.00. The van der Waals surface area contributed by atoms with Gasteiger partial charge in [0.2, 0.25) is 0 Å².